The summed E-state index contributed by atoms with van der Waals surface area (Å²) in [6.07, 6.45) is 1.09. The van der Waals surface area contributed by atoms with Crippen molar-refractivity contribution in [2.24, 2.45) is 0 Å². The fraction of sp³-hybridized carbons (Fsp3) is 0.636. The Morgan fingerprint density at radius 3 is 2.94 bits per heavy atom. The number of amides is 1. The first-order chi connectivity index (χ1) is 8.07. The molecule has 0 bridgehead atoms. The molecule has 2 heterocycles. The van der Waals surface area contributed by atoms with E-state index >= 15 is 0 Å². The van der Waals surface area contributed by atoms with Crippen molar-refractivity contribution in [1.29, 1.82) is 0 Å². The predicted octanol–water partition coefficient (Wildman–Crippen LogP) is 0.588. The van der Waals surface area contributed by atoms with Gasteiger partial charge >= 0.3 is 0 Å². The van der Waals surface area contributed by atoms with Gasteiger partial charge in [0.05, 0.1) is 12.0 Å². The van der Waals surface area contributed by atoms with Gasteiger partial charge in [-0.25, -0.2) is 0 Å². The van der Waals surface area contributed by atoms with Crippen molar-refractivity contribution in [1.82, 2.24) is 10.2 Å². The van der Waals surface area contributed by atoms with Crippen LogP contribution in [0.25, 0.3) is 0 Å². The van der Waals surface area contributed by atoms with Crippen LogP contribution in [0.2, 0.25) is 0 Å². The Morgan fingerprint density at radius 1 is 1.65 bits per heavy atom. The lowest BCUT2D eigenvalue weighted by atomic mass is 9.90. The molecule has 17 heavy (non-hydrogen) atoms. The lowest BCUT2D eigenvalue weighted by Crippen LogP contribution is -2.39. The van der Waals surface area contributed by atoms with Gasteiger partial charge in [-0.3, -0.25) is 9.89 Å². The largest absolute Gasteiger partial charge is 0.389 e. The minimum atomic E-state index is -0.937. The number of nitrogens with zero attached hydrogens (tertiary/aromatic N) is 1. The molecule has 94 valence electrons. The maximum Gasteiger partial charge on any atom is 0.228 e. The third-order valence-electron chi connectivity index (χ3n) is 2.89. The number of nitrogens with one attached hydrogen (secondary N) is 2. The third-order valence-corrected chi connectivity index (χ3v) is 2.89. The lowest BCUT2D eigenvalue weighted by molar-refractivity contribution is -0.126. The zero-order valence-corrected chi connectivity index (χ0v) is 9.82. The summed E-state index contributed by atoms with van der Waals surface area (Å²) in [6, 6.07) is 1.74. The molecular weight excluding hydrogens is 222 g/mol. The Morgan fingerprint density at radius 2 is 2.35 bits per heavy atom. The number of hydrogen-bond donors (Lipinski definition) is 3. The van der Waals surface area contributed by atoms with Crippen LogP contribution in [-0.2, 0) is 9.53 Å². The van der Waals surface area contributed by atoms with E-state index in [0.29, 0.717) is 31.9 Å². The predicted molar refractivity (Wildman–Crippen MR) is 61.6 cm³/mol. The lowest BCUT2D eigenvalue weighted by Gasteiger charge is -2.31. The summed E-state index contributed by atoms with van der Waals surface area (Å²) in [7, 11) is 0. The van der Waals surface area contributed by atoms with Gasteiger partial charge < -0.3 is 15.2 Å². The Kier molecular flexibility index (Phi) is 3.44. The van der Waals surface area contributed by atoms with E-state index in [1.165, 1.54) is 0 Å². The molecule has 1 aliphatic heterocycles. The van der Waals surface area contributed by atoms with Crippen LogP contribution in [0.1, 0.15) is 25.0 Å². The number of anilines is 1. The molecular formula is C11H17N3O3. The number of aliphatic hydroxyl groups is 1. The summed E-state index contributed by atoms with van der Waals surface area (Å²) in [5.74, 6) is 0.268. The van der Waals surface area contributed by atoms with Crippen molar-refractivity contribution >= 4 is 11.7 Å². The van der Waals surface area contributed by atoms with E-state index < -0.39 is 5.60 Å². The van der Waals surface area contributed by atoms with Crippen LogP contribution in [0.5, 0.6) is 0 Å². The number of carbonyl (C=O) groups is 1. The summed E-state index contributed by atoms with van der Waals surface area (Å²) in [4.78, 5) is 11.7. The Bertz CT molecular complexity index is 396. The Balaban J connectivity index is 1.88. The molecule has 1 amide bonds. The van der Waals surface area contributed by atoms with Crippen LogP contribution < -0.4 is 5.32 Å². The van der Waals surface area contributed by atoms with Gasteiger partial charge in [0, 0.05) is 37.8 Å². The number of carbonyl (C=O) groups excluding carboxylic acids is 1. The van der Waals surface area contributed by atoms with Gasteiger partial charge in [-0.05, 0) is 6.92 Å². The zero-order chi connectivity index (χ0) is 12.3. The first kappa shape index (κ1) is 12.1. The van der Waals surface area contributed by atoms with E-state index in [1.807, 2.05) is 6.92 Å². The van der Waals surface area contributed by atoms with E-state index in [-0.39, 0.29) is 12.3 Å². The fourth-order valence-electron chi connectivity index (χ4n) is 1.90. The number of rotatable bonds is 3. The summed E-state index contributed by atoms with van der Waals surface area (Å²) in [6.45, 7) is 2.87. The van der Waals surface area contributed by atoms with Crippen LogP contribution in [0.15, 0.2) is 6.07 Å². The second-order valence-electron chi connectivity index (χ2n) is 4.50. The van der Waals surface area contributed by atoms with Gasteiger partial charge in [0.25, 0.3) is 0 Å². The van der Waals surface area contributed by atoms with Gasteiger partial charge in [0.2, 0.25) is 5.91 Å². The average molecular weight is 239 g/mol. The van der Waals surface area contributed by atoms with Gasteiger partial charge in [-0.2, -0.15) is 5.10 Å². The normalized spacial score (nSPS) is 18.9. The number of hydrogen-bond acceptors (Lipinski definition) is 4. The van der Waals surface area contributed by atoms with Crippen LogP contribution in [0, 0.1) is 6.92 Å². The quantitative estimate of drug-likeness (QED) is 0.720. The van der Waals surface area contributed by atoms with Crippen molar-refractivity contribution in [3.63, 3.8) is 0 Å². The third kappa shape index (κ3) is 3.28. The van der Waals surface area contributed by atoms with Crippen molar-refractivity contribution in [3.8, 4) is 0 Å². The Hall–Kier alpha value is -1.40. The van der Waals surface area contributed by atoms with Gasteiger partial charge in [0.15, 0.2) is 5.82 Å². The molecule has 0 unspecified atom stereocenters. The average Bonchev–Trinajstić information content (AvgIpc) is 2.63. The number of aromatic amines is 1. The number of ether oxygens (including phenoxy) is 1. The van der Waals surface area contributed by atoms with Crippen LogP contribution in [-0.4, -0.2) is 40.0 Å². The highest BCUT2D eigenvalue weighted by molar-refractivity contribution is 5.90. The highest BCUT2D eigenvalue weighted by Crippen LogP contribution is 2.24. The molecule has 1 saturated heterocycles. The maximum atomic E-state index is 11.7. The highest BCUT2D eigenvalue weighted by Gasteiger charge is 2.32. The zero-order valence-electron chi connectivity index (χ0n) is 9.82. The molecule has 0 aliphatic carbocycles. The van der Waals surface area contributed by atoms with E-state index in [0.717, 1.165) is 5.69 Å². The monoisotopic (exact) mass is 239 g/mol. The molecule has 1 aliphatic rings. The van der Waals surface area contributed by atoms with Crippen LogP contribution >= 0.6 is 0 Å². The first-order valence-electron chi connectivity index (χ1n) is 5.69. The molecule has 1 fully saturated rings. The van der Waals surface area contributed by atoms with E-state index in [9.17, 15) is 9.90 Å². The van der Waals surface area contributed by atoms with E-state index in [4.69, 9.17) is 4.74 Å². The van der Waals surface area contributed by atoms with Crippen LogP contribution in [0.4, 0.5) is 5.82 Å². The molecule has 1 aromatic heterocycles. The molecule has 0 saturated carbocycles. The highest BCUT2D eigenvalue weighted by atomic mass is 16.5. The number of aryl methyl sites for hydroxylation is 1. The molecule has 0 aromatic carbocycles. The minimum Gasteiger partial charge on any atom is -0.389 e. The summed E-state index contributed by atoms with van der Waals surface area (Å²) in [5.41, 5.74) is -0.0571. The van der Waals surface area contributed by atoms with Crippen molar-refractivity contribution < 1.29 is 14.6 Å². The fourth-order valence-corrected chi connectivity index (χ4v) is 1.90. The molecule has 6 nitrogen and oxygen atoms in total. The van der Waals surface area contributed by atoms with E-state index in [1.54, 1.807) is 6.07 Å². The number of H-pyrrole nitrogens is 1. The van der Waals surface area contributed by atoms with Crippen molar-refractivity contribution in [2.45, 2.75) is 31.8 Å². The van der Waals surface area contributed by atoms with Crippen molar-refractivity contribution in [3.05, 3.63) is 11.8 Å². The Labute approximate surface area is 99.4 Å². The summed E-state index contributed by atoms with van der Waals surface area (Å²) < 4.78 is 5.16. The molecule has 0 radical (unpaired) electrons. The number of aromatic nitrogens is 2. The minimum absolute atomic E-state index is 0.0856. The van der Waals surface area contributed by atoms with Gasteiger partial charge in [0.1, 0.15) is 0 Å². The summed E-state index contributed by atoms with van der Waals surface area (Å²) in [5, 5.41) is 19.5. The second-order valence-corrected chi connectivity index (χ2v) is 4.50. The molecule has 2 rings (SSSR count). The molecule has 6 heteroatoms. The topological polar surface area (TPSA) is 87.2 Å². The van der Waals surface area contributed by atoms with Crippen molar-refractivity contribution in [2.75, 3.05) is 18.5 Å². The summed E-state index contributed by atoms with van der Waals surface area (Å²) >= 11 is 0. The second kappa shape index (κ2) is 4.85. The maximum absolute atomic E-state index is 11.7. The standard InChI is InChI=1S/C11H17N3O3/c1-8-6-9(14-13-8)12-10(15)7-11(16)2-4-17-5-3-11/h6,16H,2-5,7H2,1H3,(H2,12,13,14,15). The molecule has 3 N–H and O–H groups in total. The van der Waals surface area contributed by atoms with Gasteiger partial charge in [-0.1, -0.05) is 0 Å². The van der Waals surface area contributed by atoms with E-state index in [2.05, 4.69) is 15.5 Å². The molecule has 1 aromatic rings. The smallest absolute Gasteiger partial charge is 0.228 e. The van der Waals surface area contributed by atoms with Gasteiger partial charge in [-0.15, -0.1) is 0 Å². The first-order valence-corrected chi connectivity index (χ1v) is 5.69. The molecule has 0 atom stereocenters. The molecule has 0 spiro atoms. The van der Waals surface area contributed by atoms with Crippen LogP contribution in [0.3, 0.4) is 0 Å². The SMILES string of the molecule is Cc1cc(NC(=O)CC2(O)CCOCC2)n[nH]1.